The zero-order chi connectivity index (χ0) is 18.1. The summed E-state index contributed by atoms with van der Waals surface area (Å²) in [6.45, 7) is 1.78. The summed E-state index contributed by atoms with van der Waals surface area (Å²) in [5.74, 6) is -0.245. The molecule has 0 saturated heterocycles. The highest BCUT2D eigenvalue weighted by atomic mass is 35.5. The first-order valence-electron chi connectivity index (χ1n) is 8.66. The second-order valence-corrected chi connectivity index (χ2v) is 8.46. The van der Waals surface area contributed by atoms with E-state index in [2.05, 4.69) is 64.6 Å². The van der Waals surface area contributed by atoms with Gasteiger partial charge in [0.1, 0.15) is 6.23 Å². The largest absolute Gasteiger partial charge is 0.396 e. The van der Waals surface area contributed by atoms with Gasteiger partial charge in [0, 0.05) is 22.3 Å². The zero-order valence-electron chi connectivity index (χ0n) is 14.8. The maximum atomic E-state index is 10.6. The van der Waals surface area contributed by atoms with E-state index in [1.54, 1.807) is 22.7 Å². The van der Waals surface area contributed by atoms with E-state index in [0.717, 1.165) is 11.1 Å². The van der Waals surface area contributed by atoms with Crippen molar-refractivity contribution < 1.29 is 10.2 Å². The Kier molecular flexibility index (Phi) is 6.52. The molecule has 3 N–H and O–H groups in total. The summed E-state index contributed by atoms with van der Waals surface area (Å²) in [4.78, 5) is 2.47. The van der Waals surface area contributed by atoms with E-state index in [0.29, 0.717) is 0 Å². The van der Waals surface area contributed by atoms with Crippen LogP contribution in [0.5, 0.6) is 0 Å². The number of aliphatic hydroxyl groups is 2. The molecule has 0 spiro atoms. The predicted octanol–water partition coefficient (Wildman–Crippen LogP) is 5.07. The van der Waals surface area contributed by atoms with Gasteiger partial charge in [-0.05, 0) is 45.1 Å². The van der Waals surface area contributed by atoms with Gasteiger partial charge in [-0.25, -0.2) is 0 Å². The molecule has 0 saturated carbocycles. The van der Waals surface area contributed by atoms with E-state index in [9.17, 15) is 10.2 Å². The van der Waals surface area contributed by atoms with Gasteiger partial charge in [0.05, 0.1) is 6.04 Å². The Morgan fingerprint density at radius 1 is 0.889 bits per heavy atom. The van der Waals surface area contributed by atoms with E-state index in [1.165, 1.54) is 20.9 Å². The van der Waals surface area contributed by atoms with E-state index >= 15 is 0 Å². The summed E-state index contributed by atoms with van der Waals surface area (Å²) >= 11 is 3.43. The number of nitrogens with one attached hydrogen (secondary N) is 1. The lowest BCUT2D eigenvalue weighted by atomic mass is 9.95. The van der Waals surface area contributed by atoms with Crippen molar-refractivity contribution in [3.8, 4) is 20.9 Å². The van der Waals surface area contributed by atoms with Gasteiger partial charge in [-0.1, -0.05) is 43.3 Å². The number of fused-ring (bicyclic) bond motifs is 2. The molecule has 6 heteroatoms. The van der Waals surface area contributed by atoms with Crippen LogP contribution in [0, 0.1) is 5.92 Å². The van der Waals surface area contributed by atoms with Crippen LogP contribution in [-0.4, -0.2) is 23.0 Å². The smallest absolute Gasteiger partial charge is 0.110 e. The Labute approximate surface area is 173 Å². The van der Waals surface area contributed by atoms with Crippen LogP contribution in [0.25, 0.3) is 20.9 Å². The average Bonchev–Trinajstić information content (AvgIpc) is 3.30. The van der Waals surface area contributed by atoms with Crippen LogP contribution < -0.4 is 5.32 Å². The van der Waals surface area contributed by atoms with Crippen molar-refractivity contribution in [1.82, 2.24) is 5.32 Å². The molecule has 4 aliphatic rings. The summed E-state index contributed by atoms with van der Waals surface area (Å²) in [5.41, 5.74) is 4.71. The normalized spacial score (nSPS) is 13.8. The predicted molar refractivity (Wildman–Crippen MR) is 116 cm³/mol. The minimum Gasteiger partial charge on any atom is -0.396 e. The van der Waals surface area contributed by atoms with Crippen LogP contribution in [0.4, 0.5) is 0 Å². The molecular weight excluding hydrogens is 398 g/mol. The lowest BCUT2D eigenvalue weighted by Gasteiger charge is -2.27. The molecular formula is C21H22ClNO2S2. The number of rotatable bonds is 6. The van der Waals surface area contributed by atoms with Gasteiger partial charge in [0.25, 0.3) is 0 Å². The molecule has 0 radical (unpaired) electrons. The van der Waals surface area contributed by atoms with Gasteiger partial charge in [-0.15, -0.1) is 35.1 Å². The van der Waals surface area contributed by atoms with Crippen LogP contribution in [0.15, 0.2) is 59.3 Å². The van der Waals surface area contributed by atoms with E-state index in [-0.39, 0.29) is 31.0 Å². The number of aliphatic hydroxyl groups excluding tert-OH is 2. The summed E-state index contributed by atoms with van der Waals surface area (Å²) in [6.07, 6.45) is -0.792. The quantitative estimate of drug-likeness (QED) is 0.382. The third-order valence-corrected chi connectivity index (χ3v) is 6.65. The lowest BCUT2D eigenvalue weighted by molar-refractivity contribution is 0.0448. The molecule has 0 aromatic carbocycles. The molecule has 4 rings (SSSR count). The van der Waals surface area contributed by atoms with Crippen LogP contribution in [0.1, 0.15) is 24.1 Å². The molecule has 3 nitrogen and oxygen atoms in total. The molecule has 2 aliphatic carbocycles. The summed E-state index contributed by atoms with van der Waals surface area (Å²) < 4.78 is 0. The number of hydrogen-bond acceptors (Lipinski definition) is 5. The highest BCUT2D eigenvalue weighted by Crippen LogP contribution is 2.42. The van der Waals surface area contributed by atoms with Crippen LogP contribution in [0.2, 0.25) is 0 Å². The maximum absolute atomic E-state index is 10.6. The van der Waals surface area contributed by atoms with Gasteiger partial charge in [0.15, 0.2) is 0 Å². The van der Waals surface area contributed by atoms with Gasteiger partial charge in [0.2, 0.25) is 0 Å². The van der Waals surface area contributed by atoms with Crippen LogP contribution in [0.3, 0.4) is 0 Å². The first-order valence-corrected chi connectivity index (χ1v) is 10.4. The number of halogens is 1. The maximum Gasteiger partial charge on any atom is 0.110 e. The number of hydrogen-bond donors (Lipinski definition) is 3. The molecule has 27 heavy (non-hydrogen) atoms. The molecule has 2 atom stereocenters. The summed E-state index contributed by atoms with van der Waals surface area (Å²) in [5, 5.41) is 27.5. The van der Waals surface area contributed by atoms with Crippen molar-refractivity contribution in [3.05, 3.63) is 70.4 Å². The Morgan fingerprint density at radius 3 is 1.89 bits per heavy atom. The van der Waals surface area contributed by atoms with Crippen molar-refractivity contribution in [2.75, 3.05) is 6.61 Å². The van der Waals surface area contributed by atoms with Crippen molar-refractivity contribution in [3.63, 3.8) is 0 Å². The summed E-state index contributed by atoms with van der Waals surface area (Å²) in [7, 11) is 0. The standard InChI is InChI=1S/C21H21NO2S2.ClH/c1-13(12-23)21(24)22-20(16-6-8-18-14(16)4-2-10-25-18)17-7-9-19-15(17)5-3-11-26-19;/h2-11,13,20-24H,12H2,1H3;1H. The highest BCUT2D eigenvalue weighted by molar-refractivity contribution is 7.13. The minimum absolute atomic E-state index is 0. The van der Waals surface area contributed by atoms with Gasteiger partial charge >= 0.3 is 0 Å². The molecule has 0 aromatic heterocycles. The fraction of sp³-hybridized carbons (Fsp3) is 0.238. The summed E-state index contributed by atoms with van der Waals surface area (Å²) in [6, 6.07) is 16.8. The fourth-order valence-electron chi connectivity index (χ4n) is 3.32. The third-order valence-electron chi connectivity index (χ3n) is 4.84. The molecule has 0 fully saturated rings. The van der Waals surface area contributed by atoms with Crippen LogP contribution >= 0.6 is 35.1 Å². The van der Waals surface area contributed by atoms with Crippen molar-refractivity contribution in [2.45, 2.75) is 19.2 Å². The first kappa shape index (κ1) is 20.3. The Morgan fingerprint density at radius 2 is 1.41 bits per heavy atom. The monoisotopic (exact) mass is 419 g/mol. The van der Waals surface area contributed by atoms with Gasteiger partial charge < -0.3 is 10.2 Å². The SMILES string of the molecule is CC(CO)C(O)NC(c1ccc2scccc1-2)c1ccc2scccc1-2.Cl. The zero-order valence-corrected chi connectivity index (χ0v) is 17.3. The molecule has 2 heterocycles. The second-order valence-electron chi connectivity index (χ2n) is 6.56. The van der Waals surface area contributed by atoms with Crippen molar-refractivity contribution >= 4 is 35.1 Å². The Balaban J connectivity index is 0.00000210. The second kappa shape index (κ2) is 8.69. The molecule has 0 aromatic rings. The van der Waals surface area contributed by atoms with Crippen molar-refractivity contribution in [1.29, 1.82) is 0 Å². The van der Waals surface area contributed by atoms with Crippen molar-refractivity contribution in [2.24, 2.45) is 5.92 Å². The van der Waals surface area contributed by atoms with E-state index < -0.39 is 6.23 Å². The van der Waals surface area contributed by atoms with Gasteiger partial charge in [-0.3, -0.25) is 5.32 Å². The first-order chi connectivity index (χ1) is 12.7. The molecule has 0 amide bonds. The topological polar surface area (TPSA) is 52.5 Å². The Hall–Kier alpha value is -1.47. The van der Waals surface area contributed by atoms with E-state index in [1.807, 2.05) is 6.92 Å². The Bertz CT molecular complexity index is 870. The molecule has 2 aliphatic heterocycles. The lowest BCUT2D eigenvalue weighted by Crippen LogP contribution is -2.39. The average molecular weight is 420 g/mol. The van der Waals surface area contributed by atoms with Gasteiger partial charge in [-0.2, -0.15) is 0 Å². The molecule has 2 unspecified atom stereocenters. The van der Waals surface area contributed by atoms with E-state index in [4.69, 9.17) is 0 Å². The molecule has 0 bridgehead atoms. The minimum atomic E-state index is -0.792. The highest BCUT2D eigenvalue weighted by Gasteiger charge is 2.27. The molecule has 142 valence electrons. The third kappa shape index (κ3) is 3.90. The fourth-order valence-corrected chi connectivity index (χ4v) is 4.84. The van der Waals surface area contributed by atoms with Crippen LogP contribution in [-0.2, 0) is 0 Å².